The Morgan fingerprint density at radius 3 is 1.68 bits per heavy atom. The number of aliphatic hydroxyl groups excluding tert-OH is 1. The van der Waals surface area contributed by atoms with Gasteiger partial charge in [0.1, 0.15) is 18.1 Å². The fourth-order valence-electron chi connectivity index (χ4n) is 2.58. The van der Waals surface area contributed by atoms with E-state index in [1.165, 1.54) is 0 Å². The lowest BCUT2D eigenvalue weighted by Crippen LogP contribution is -2.60. The van der Waals surface area contributed by atoms with Gasteiger partial charge in [0.2, 0.25) is 35.4 Å². The summed E-state index contributed by atoms with van der Waals surface area (Å²) in [5.41, 5.74) is 20.7. The van der Waals surface area contributed by atoms with E-state index in [2.05, 4.69) is 10.6 Å². The number of aliphatic carboxylic acids is 1. The molecule has 0 fully saturated rings. The van der Waals surface area contributed by atoms with Crippen molar-refractivity contribution in [3.05, 3.63) is 0 Å². The van der Waals surface area contributed by atoms with E-state index in [0.717, 1.165) is 6.92 Å². The fraction of sp³-hybridized carbons (Fsp3) is 0.611. The molecule has 6 amide bonds. The van der Waals surface area contributed by atoms with Gasteiger partial charge < -0.3 is 49.1 Å². The first-order valence-electron chi connectivity index (χ1n) is 10.1. The first-order valence-corrected chi connectivity index (χ1v) is 10.1. The predicted octanol–water partition coefficient (Wildman–Crippen LogP) is -5.36. The molecule has 16 heteroatoms. The Morgan fingerprint density at radius 2 is 1.24 bits per heavy atom. The summed E-state index contributed by atoms with van der Waals surface area (Å²) in [6.45, 7) is 1.12. The SMILES string of the molecule is CC(O)C(NC(=O)C(CCC(N)=O)NC(=O)C(N)CCC(N)=O)C(=O)NC(CC(N)=O)C(=O)O. The van der Waals surface area contributed by atoms with Crippen LogP contribution in [0, 0.1) is 0 Å². The molecule has 0 saturated heterocycles. The number of hydrogen-bond acceptors (Lipinski definition) is 9. The summed E-state index contributed by atoms with van der Waals surface area (Å²) in [4.78, 5) is 81.7. The lowest BCUT2D eigenvalue weighted by atomic mass is 10.1. The van der Waals surface area contributed by atoms with Gasteiger partial charge in [-0.2, -0.15) is 0 Å². The monoisotopic (exact) mass is 489 g/mol. The van der Waals surface area contributed by atoms with E-state index in [4.69, 9.17) is 28.0 Å². The van der Waals surface area contributed by atoms with Crippen LogP contribution in [0.2, 0.25) is 0 Å². The van der Waals surface area contributed by atoms with Crippen molar-refractivity contribution >= 4 is 41.4 Å². The standard InChI is InChI=1S/C18H31N7O9/c1-7(26)14(17(32)24-10(18(33)34)6-13(22)29)25-16(31)9(3-5-12(21)28)23-15(30)8(19)2-4-11(20)27/h7-10,14,26H,2-6,19H2,1H3,(H2,20,27)(H2,21,28)(H2,22,29)(H,23,30)(H,24,32)(H,25,31)(H,33,34). The Morgan fingerprint density at radius 1 is 0.735 bits per heavy atom. The maximum atomic E-state index is 12.7. The van der Waals surface area contributed by atoms with E-state index in [1.807, 2.05) is 5.32 Å². The molecule has 13 N–H and O–H groups in total. The molecule has 0 heterocycles. The molecule has 5 atom stereocenters. The Hall–Kier alpha value is -3.79. The summed E-state index contributed by atoms with van der Waals surface area (Å²) in [5, 5.41) is 25.4. The predicted molar refractivity (Wildman–Crippen MR) is 114 cm³/mol. The van der Waals surface area contributed by atoms with Gasteiger partial charge in [-0.1, -0.05) is 0 Å². The third-order valence-corrected chi connectivity index (χ3v) is 4.43. The molecule has 5 unspecified atom stereocenters. The number of hydrogen-bond donors (Lipinski definition) is 9. The number of amides is 6. The average molecular weight is 489 g/mol. The van der Waals surface area contributed by atoms with Crippen LogP contribution in [0.25, 0.3) is 0 Å². The van der Waals surface area contributed by atoms with E-state index >= 15 is 0 Å². The number of nitrogens with one attached hydrogen (secondary N) is 3. The van der Waals surface area contributed by atoms with Gasteiger partial charge in [-0.05, 0) is 19.8 Å². The molecule has 192 valence electrons. The Bertz CT molecular complexity index is 803. The summed E-state index contributed by atoms with van der Waals surface area (Å²) >= 11 is 0. The van der Waals surface area contributed by atoms with Gasteiger partial charge in [-0.15, -0.1) is 0 Å². The number of carboxylic acid groups (broad SMARTS) is 1. The van der Waals surface area contributed by atoms with E-state index in [9.17, 15) is 38.7 Å². The minimum absolute atomic E-state index is 0.125. The van der Waals surface area contributed by atoms with Crippen LogP contribution in [0.1, 0.15) is 39.0 Å². The molecule has 0 bridgehead atoms. The highest BCUT2D eigenvalue weighted by Gasteiger charge is 2.33. The van der Waals surface area contributed by atoms with E-state index < -0.39 is 78.1 Å². The molecule has 0 rings (SSSR count). The van der Waals surface area contributed by atoms with E-state index in [1.54, 1.807) is 0 Å². The second kappa shape index (κ2) is 14.4. The summed E-state index contributed by atoms with van der Waals surface area (Å²) < 4.78 is 0. The van der Waals surface area contributed by atoms with Crippen molar-refractivity contribution in [3.63, 3.8) is 0 Å². The lowest BCUT2D eigenvalue weighted by Gasteiger charge is -2.26. The van der Waals surface area contributed by atoms with Crippen LogP contribution in [0.4, 0.5) is 0 Å². The van der Waals surface area contributed by atoms with Gasteiger partial charge >= 0.3 is 5.97 Å². The normalized spacial score (nSPS) is 15.0. The van der Waals surface area contributed by atoms with Gasteiger partial charge in [-0.25, -0.2) is 4.79 Å². The molecule has 0 aliphatic rings. The molecule has 0 aliphatic carbocycles. The molecular weight excluding hydrogens is 458 g/mol. The largest absolute Gasteiger partial charge is 0.480 e. The second-order valence-electron chi connectivity index (χ2n) is 7.47. The minimum atomic E-state index is -1.73. The molecule has 16 nitrogen and oxygen atoms in total. The third kappa shape index (κ3) is 11.7. The van der Waals surface area contributed by atoms with Crippen molar-refractivity contribution in [2.45, 2.75) is 69.3 Å². The van der Waals surface area contributed by atoms with Crippen LogP contribution in [-0.4, -0.2) is 81.9 Å². The van der Waals surface area contributed by atoms with Crippen LogP contribution in [0.3, 0.4) is 0 Å². The highest BCUT2D eigenvalue weighted by Crippen LogP contribution is 2.04. The maximum absolute atomic E-state index is 12.7. The minimum Gasteiger partial charge on any atom is -0.480 e. The molecule has 34 heavy (non-hydrogen) atoms. The first kappa shape index (κ1) is 30.2. The molecule has 0 aromatic carbocycles. The number of carboxylic acids is 1. The summed E-state index contributed by atoms with van der Waals surface area (Å²) in [7, 11) is 0. The number of primary amides is 3. The smallest absolute Gasteiger partial charge is 0.326 e. The van der Waals surface area contributed by atoms with Gasteiger partial charge in [0.25, 0.3) is 0 Å². The van der Waals surface area contributed by atoms with E-state index in [0.29, 0.717) is 0 Å². The van der Waals surface area contributed by atoms with Crippen molar-refractivity contribution in [1.82, 2.24) is 16.0 Å². The molecule has 0 aromatic heterocycles. The number of carbonyl (C=O) groups is 7. The summed E-state index contributed by atoms with van der Waals surface area (Å²) in [5.74, 6) is -7.16. The van der Waals surface area contributed by atoms with Crippen molar-refractivity contribution in [2.24, 2.45) is 22.9 Å². The number of aliphatic hydroxyl groups is 1. The Labute approximate surface area is 194 Å². The zero-order chi connectivity index (χ0) is 26.6. The Kier molecular flexibility index (Phi) is 12.8. The number of carbonyl (C=O) groups excluding carboxylic acids is 6. The van der Waals surface area contributed by atoms with Gasteiger partial charge in [-0.3, -0.25) is 28.8 Å². The molecule has 0 aliphatic heterocycles. The lowest BCUT2D eigenvalue weighted by molar-refractivity contribution is -0.144. The number of rotatable bonds is 16. The molecule has 0 saturated carbocycles. The molecular formula is C18H31N7O9. The topological polar surface area (TPSA) is 300 Å². The fourth-order valence-corrected chi connectivity index (χ4v) is 2.58. The Balaban J connectivity index is 5.48. The van der Waals surface area contributed by atoms with Crippen LogP contribution in [0.15, 0.2) is 0 Å². The summed E-state index contributed by atoms with van der Waals surface area (Å²) in [6, 6.07) is -6.09. The van der Waals surface area contributed by atoms with E-state index in [-0.39, 0.29) is 25.7 Å². The highest BCUT2D eigenvalue weighted by molar-refractivity contribution is 5.95. The van der Waals surface area contributed by atoms with Crippen LogP contribution < -0.4 is 38.9 Å². The number of nitrogens with two attached hydrogens (primary N) is 4. The van der Waals surface area contributed by atoms with Crippen LogP contribution in [0.5, 0.6) is 0 Å². The quantitative estimate of drug-likeness (QED) is 0.0990. The third-order valence-electron chi connectivity index (χ3n) is 4.43. The van der Waals surface area contributed by atoms with Crippen molar-refractivity contribution in [1.29, 1.82) is 0 Å². The van der Waals surface area contributed by atoms with Crippen molar-refractivity contribution in [3.8, 4) is 0 Å². The molecule has 0 radical (unpaired) electrons. The molecule has 0 spiro atoms. The average Bonchev–Trinajstić information content (AvgIpc) is 2.71. The zero-order valence-corrected chi connectivity index (χ0v) is 18.5. The van der Waals surface area contributed by atoms with Crippen LogP contribution in [-0.2, 0) is 33.6 Å². The maximum Gasteiger partial charge on any atom is 0.326 e. The van der Waals surface area contributed by atoms with Crippen molar-refractivity contribution < 1.29 is 43.8 Å². The van der Waals surface area contributed by atoms with Gasteiger partial charge in [0, 0.05) is 12.8 Å². The highest BCUT2D eigenvalue weighted by atomic mass is 16.4. The van der Waals surface area contributed by atoms with Gasteiger partial charge in [0.05, 0.1) is 18.6 Å². The second-order valence-corrected chi connectivity index (χ2v) is 7.47. The van der Waals surface area contributed by atoms with Crippen molar-refractivity contribution in [2.75, 3.05) is 0 Å². The zero-order valence-electron chi connectivity index (χ0n) is 18.5. The van der Waals surface area contributed by atoms with Gasteiger partial charge in [0.15, 0.2) is 0 Å². The first-order chi connectivity index (χ1) is 15.6. The molecule has 0 aromatic rings. The summed E-state index contributed by atoms with van der Waals surface area (Å²) in [6.07, 6.45) is -3.27. The van der Waals surface area contributed by atoms with Crippen LogP contribution >= 0.6 is 0 Å².